The number of thiophene rings is 1. The van der Waals surface area contributed by atoms with Crippen LogP contribution in [0.1, 0.15) is 33.0 Å². The van der Waals surface area contributed by atoms with Gasteiger partial charge in [0, 0.05) is 30.9 Å². The molecule has 4 heterocycles. The Bertz CT molecular complexity index is 737. The van der Waals surface area contributed by atoms with Crippen molar-refractivity contribution in [3.05, 3.63) is 21.4 Å². The van der Waals surface area contributed by atoms with Gasteiger partial charge < -0.3 is 20.5 Å². The monoisotopic (exact) mass is 397 g/mol. The number of nitrogens with two attached hydrogens (primary N) is 1. The summed E-state index contributed by atoms with van der Waals surface area (Å²) in [7, 11) is 0. The van der Waals surface area contributed by atoms with Crippen LogP contribution >= 0.6 is 11.3 Å². The number of β-amino-alcohol motifs (C(OH)–C–C–N with tert-alkyl or cyclic N) is 1. The lowest BCUT2D eigenvalue weighted by molar-refractivity contribution is -0.123. The highest BCUT2D eigenvalue weighted by Gasteiger charge is 2.43. The second-order valence-corrected chi connectivity index (χ2v) is 8.71. The predicted octanol–water partition coefficient (Wildman–Crippen LogP) is 0.252. The van der Waals surface area contributed by atoms with Gasteiger partial charge in [0.05, 0.1) is 30.2 Å². The van der Waals surface area contributed by atoms with Gasteiger partial charge in [0.2, 0.25) is 5.91 Å². The zero-order valence-corrected chi connectivity index (χ0v) is 15.8. The third-order valence-corrected chi connectivity index (χ3v) is 6.95. The molecule has 2 atom stereocenters. The highest BCUT2D eigenvalue weighted by molar-refractivity contribution is 7.14. The van der Waals surface area contributed by atoms with Crippen molar-refractivity contribution in [1.29, 1.82) is 0 Å². The molecule has 0 saturated carbocycles. The van der Waals surface area contributed by atoms with E-state index in [1.165, 1.54) is 16.2 Å². The van der Waals surface area contributed by atoms with E-state index in [4.69, 9.17) is 10.5 Å². The zero-order chi connectivity index (χ0) is 19.2. The van der Waals surface area contributed by atoms with E-state index in [-0.39, 0.29) is 31.4 Å². The summed E-state index contributed by atoms with van der Waals surface area (Å²) in [6, 6.07) is 1.89. The van der Waals surface area contributed by atoms with Gasteiger partial charge in [0.25, 0.3) is 5.91 Å². The lowest BCUT2D eigenvalue weighted by Crippen LogP contribution is -2.48. The summed E-state index contributed by atoms with van der Waals surface area (Å²) >= 11 is 1.45. The SMILES string of the molecule is NC(=O)CN1CCC2(CC1)OCCc1sc(C(=O)N3C[C@@H](O)[C@H](F)C3)cc12. The van der Waals surface area contributed by atoms with Crippen LogP contribution in [-0.4, -0.2) is 78.3 Å². The van der Waals surface area contributed by atoms with Gasteiger partial charge in [-0.25, -0.2) is 4.39 Å². The van der Waals surface area contributed by atoms with Gasteiger partial charge in [-0.3, -0.25) is 14.5 Å². The number of rotatable bonds is 3. The van der Waals surface area contributed by atoms with Crippen LogP contribution in [0.15, 0.2) is 6.07 Å². The minimum absolute atomic E-state index is 0.0340. The van der Waals surface area contributed by atoms with Crippen LogP contribution in [0.3, 0.4) is 0 Å². The molecule has 4 rings (SSSR count). The fourth-order valence-corrected chi connectivity index (χ4v) is 5.50. The molecule has 2 amide bonds. The number of carbonyl (C=O) groups is 2. The van der Waals surface area contributed by atoms with Crippen LogP contribution < -0.4 is 5.73 Å². The molecule has 2 saturated heterocycles. The van der Waals surface area contributed by atoms with Crippen molar-refractivity contribution in [2.45, 2.75) is 37.1 Å². The second kappa shape index (κ2) is 7.12. The molecular weight excluding hydrogens is 373 g/mol. The average Bonchev–Trinajstić information content (AvgIpc) is 3.21. The summed E-state index contributed by atoms with van der Waals surface area (Å²) < 4.78 is 19.8. The van der Waals surface area contributed by atoms with E-state index in [1.807, 2.05) is 11.0 Å². The van der Waals surface area contributed by atoms with E-state index in [1.54, 1.807) is 0 Å². The molecule has 2 fully saturated rings. The fourth-order valence-electron chi connectivity index (χ4n) is 4.30. The quantitative estimate of drug-likeness (QED) is 0.762. The molecule has 1 aromatic heterocycles. The Kier molecular flexibility index (Phi) is 4.96. The average molecular weight is 397 g/mol. The number of hydrogen-bond donors (Lipinski definition) is 2. The van der Waals surface area contributed by atoms with Crippen molar-refractivity contribution < 1.29 is 23.8 Å². The molecule has 1 spiro atoms. The second-order valence-electron chi connectivity index (χ2n) is 7.58. The molecule has 148 valence electrons. The first kappa shape index (κ1) is 18.8. The minimum atomic E-state index is -1.38. The largest absolute Gasteiger partial charge is 0.388 e. The third-order valence-electron chi connectivity index (χ3n) is 5.77. The van der Waals surface area contributed by atoms with Crippen LogP contribution in [0, 0.1) is 0 Å². The summed E-state index contributed by atoms with van der Waals surface area (Å²) in [5.41, 5.74) is 5.92. The molecule has 9 heteroatoms. The van der Waals surface area contributed by atoms with Crippen LogP contribution in [0.2, 0.25) is 0 Å². The Morgan fingerprint density at radius 2 is 2.11 bits per heavy atom. The van der Waals surface area contributed by atoms with E-state index in [2.05, 4.69) is 0 Å². The number of aliphatic hydroxyl groups is 1. The Morgan fingerprint density at radius 3 is 2.74 bits per heavy atom. The van der Waals surface area contributed by atoms with Gasteiger partial charge >= 0.3 is 0 Å². The topological polar surface area (TPSA) is 96.1 Å². The van der Waals surface area contributed by atoms with Crippen molar-refractivity contribution in [2.75, 3.05) is 39.3 Å². The van der Waals surface area contributed by atoms with Gasteiger partial charge in [0.15, 0.2) is 0 Å². The van der Waals surface area contributed by atoms with Crippen LogP contribution in [0.4, 0.5) is 4.39 Å². The van der Waals surface area contributed by atoms with E-state index < -0.39 is 17.9 Å². The first-order valence-electron chi connectivity index (χ1n) is 9.27. The lowest BCUT2D eigenvalue weighted by Gasteiger charge is -2.43. The number of likely N-dealkylation sites (tertiary alicyclic amines) is 2. The number of amides is 2. The van der Waals surface area contributed by atoms with E-state index in [0.717, 1.165) is 29.7 Å². The van der Waals surface area contributed by atoms with Crippen molar-refractivity contribution in [3.8, 4) is 0 Å². The van der Waals surface area contributed by atoms with Crippen LogP contribution in [0.5, 0.6) is 0 Å². The minimum Gasteiger partial charge on any atom is -0.388 e. The number of carbonyl (C=O) groups excluding carboxylic acids is 2. The molecule has 3 aliphatic heterocycles. The molecule has 0 aliphatic carbocycles. The van der Waals surface area contributed by atoms with Crippen molar-refractivity contribution in [3.63, 3.8) is 0 Å². The summed E-state index contributed by atoms with van der Waals surface area (Å²) in [5.74, 6) is -0.562. The van der Waals surface area contributed by atoms with Crippen LogP contribution in [-0.2, 0) is 21.6 Å². The van der Waals surface area contributed by atoms with Crippen molar-refractivity contribution in [1.82, 2.24) is 9.80 Å². The van der Waals surface area contributed by atoms with Gasteiger partial charge in [0.1, 0.15) is 12.3 Å². The molecule has 0 bridgehead atoms. The summed E-state index contributed by atoms with van der Waals surface area (Å²) in [5, 5.41) is 9.59. The first-order chi connectivity index (χ1) is 12.9. The zero-order valence-electron chi connectivity index (χ0n) is 15.0. The molecule has 3 aliphatic rings. The molecule has 0 unspecified atom stereocenters. The van der Waals surface area contributed by atoms with Crippen molar-refractivity contribution >= 4 is 23.2 Å². The first-order valence-corrected chi connectivity index (χ1v) is 10.1. The number of nitrogens with zero attached hydrogens (tertiary/aromatic N) is 2. The van der Waals surface area contributed by atoms with E-state index >= 15 is 0 Å². The number of primary amides is 1. The number of piperidine rings is 1. The maximum absolute atomic E-state index is 13.6. The molecule has 1 aromatic rings. The molecule has 0 radical (unpaired) electrons. The van der Waals surface area contributed by atoms with Gasteiger partial charge in [-0.15, -0.1) is 11.3 Å². The summed E-state index contributed by atoms with van der Waals surface area (Å²) in [6.45, 7) is 2.25. The Labute approximate surface area is 160 Å². The number of halogens is 1. The maximum atomic E-state index is 13.6. The molecule has 0 aromatic carbocycles. The van der Waals surface area contributed by atoms with Gasteiger partial charge in [-0.05, 0) is 24.5 Å². The summed E-state index contributed by atoms with van der Waals surface area (Å²) in [6.07, 6.45) is -0.242. The third kappa shape index (κ3) is 3.49. The van der Waals surface area contributed by atoms with Gasteiger partial charge in [-0.2, -0.15) is 0 Å². The standard InChI is InChI=1S/C18H24FN3O4S/c19-12-8-22(9-13(12)23)17(25)15-7-11-14(27-15)1-6-26-18(11)2-4-21(5-3-18)10-16(20)24/h7,12-13,23H,1-6,8-10H2,(H2,20,24)/t12-,13-/m1/s1. The number of alkyl halides is 1. The Hall–Kier alpha value is -1.55. The Morgan fingerprint density at radius 1 is 1.37 bits per heavy atom. The normalized spacial score (nSPS) is 27.7. The molecule has 7 nitrogen and oxygen atoms in total. The van der Waals surface area contributed by atoms with E-state index in [0.29, 0.717) is 24.6 Å². The highest BCUT2D eigenvalue weighted by Crippen LogP contribution is 2.44. The van der Waals surface area contributed by atoms with E-state index in [9.17, 15) is 19.1 Å². The molecular formula is C18H24FN3O4S. The predicted molar refractivity (Wildman–Crippen MR) is 97.3 cm³/mol. The number of fused-ring (bicyclic) bond motifs is 2. The Balaban J connectivity index is 1.52. The maximum Gasteiger partial charge on any atom is 0.264 e. The van der Waals surface area contributed by atoms with Crippen molar-refractivity contribution in [2.24, 2.45) is 5.73 Å². The van der Waals surface area contributed by atoms with Gasteiger partial charge in [-0.1, -0.05) is 0 Å². The molecule has 3 N–H and O–H groups in total. The number of aliphatic hydroxyl groups excluding tert-OH is 1. The lowest BCUT2D eigenvalue weighted by atomic mass is 9.82. The number of hydrogen-bond acceptors (Lipinski definition) is 6. The number of ether oxygens (including phenoxy) is 1. The molecule has 27 heavy (non-hydrogen) atoms. The smallest absolute Gasteiger partial charge is 0.264 e. The fraction of sp³-hybridized carbons (Fsp3) is 0.667. The summed E-state index contributed by atoms with van der Waals surface area (Å²) in [4.78, 5) is 29.0. The highest BCUT2D eigenvalue weighted by atomic mass is 32.1. The van der Waals surface area contributed by atoms with Crippen LogP contribution in [0.25, 0.3) is 0 Å².